The molecule has 1 aliphatic heterocycles. The van der Waals surface area contributed by atoms with Crippen LogP contribution in [0.1, 0.15) is 25.8 Å². The third kappa shape index (κ3) is 2.78. The Morgan fingerprint density at radius 3 is 3.00 bits per heavy atom. The van der Waals surface area contributed by atoms with Crippen LogP contribution in [0.15, 0.2) is 24.3 Å². The van der Waals surface area contributed by atoms with Gasteiger partial charge in [0.1, 0.15) is 0 Å². The Morgan fingerprint density at radius 1 is 1.41 bits per heavy atom. The molecule has 1 aromatic rings. The third-order valence-corrected chi connectivity index (χ3v) is 3.36. The van der Waals surface area contributed by atoms with Crippen molar-refractivity contribution in [3.63, 3.8) is 0 Å². The van der Waals surface area contributed by atoms with Gasteiger partial charge < -0.3 is 10.2 Å². The topological polar surface area (TPSA) is 39.1 Å². The number of hydrogen-bond acceptors (Lipinski definition) is 3. The Morgan fingerprint density at radius 2 is 2.24 bits per heavy atom. The number of nitriles is 1. The van der Waals surface area contributed by atoms with E-state index in [9.17, 15) is 0 Å². The molecule has 1 N–H and O–H groups in total. The third-order valence-electron chi connectivity index (χ3n) is 3.36. The molecule has 1 aromatic carbocycles. The summed E-state index contributed by atoms with van der Waals surface area (Å²) >= 11 is 0. The van der Waals surface area contributed by atoms with E-state index in [1.54, 1.807) is 0 Å². The van der Waals surface area contributed by atoms with Crippen LogP contribution < -0.4 is 10.2 Å². The van der Waals surface area contributed by atoms with E-state index in [0.29, 0.717) is 12.1 Å². The van der Waals surface area contributed by atoms with Crippen molar-refractivity contribution in [2.45, 2.75) is 32.4 Å². The zero-order valence-electron chi connectivity index (χ0n) is 10.5. The Balaban J connectivity index is 2.26. The minimum atomic E-state index is 0.491. The lowest BCUT2D eigenvalue weighted by Gasteiger charge is -2.30. The summed E-state index contributed by atoms with van der Waals surface area (Å²) in [6.07, 6.45) is 1.14. The molecule has 0 aromatic heterocycles. The predicted molar refractivity (Wildman–Crippen MR) is 70.0 cm³/mol. The van der Waals surface area contributed by atoms with Crippen LogP contribution in [0.25, 0.3) is 0 Å². The average Bonchev–Trinajstić information content (AvgIpc) is 2.51. The highest BCUT2D eigenvalue weighted by molar-refractivity contribution is 5.52. The van der Waals surface area contributed by atoms with Gasteiger partial charge in [0.25, 0.3) is 0 Å². The molecule has 90 valence electrons. The summed E-state index contributed by atoms with van der Waals surface area (Å²) in [6.45, 7) is 6.52. The van der Waals surface area contributed by atoms with Gasteiger partial charge in [-0.2, -0.15) is 5.26 Å². The van der Waals surface area contributed by atoms with Crippen LogP contribution in [0.4, 0.5) is 5.69 Å². The van der Waals surface area contributed by atoms with Crippen LogP contribution in [0.3, 0.4) is 0 Å². The van der Waals surface area contributed by atoms with Gasteiger partial charge in [-0.25, -0.2) is 0 Å². The van der Waals surface area contributed by atoms with Crippen LogP contribution in [-0.4, -0.2) is 25.2 Å². The molecular formula is C14H19N3. The maximum absolute atomic E-state index is 8.95. The standard InChI is InChI=1S/C14H19N3/c1-11-10-17(12(2)6-7-16-11)14-5-3-4-13(8-14)9-15/h3-5,8,11-12,16H,6-7,10H2,1-2H3. The normalized spacial score (nSPS) is 25.1. The molecule has 1 heterocycles. The minimum Gasteiger partial charge on any atom is -0.367 e. The van der Waals surface area contributed by atoms with Crippen molar-refractivity contribution in [1.29, 1.82) is 5.26 Å². The molecule has 0 bridgehead atoms. The van der Waals surface area contributed by atoms with Crippen LogP contribution in [-0.2, 0) is 0 Å². The molecular weight excluding hydrogens is 210 g/mol. The highest BCUT2D eigenvalue weighted by atomic mass is 15.2. The van der Waals surface area contributed by atoms with Crippen molar-refractivity contribution in [3.05, 3.63) is 29.8 Å². The van der Waals surface area contributed by atoms with Gasteiger partial charge in [-0.15, -0.1) is 0 Å². The molecule has 1 saturated heterocycles. The smallest absolute Gasteiger partial charge is 0.0992 e. The van der Waals surface area contributed by atoms with Gasteiger partial charge in [0, 0.05) is 24.3 Å². The van der Waals surface area contributed by atoms with Gasteiger partial charge in [-0.1, -0.05) is 6.07 Å². The average molecular weight is 229 g/mol. The van der Waals surface area contributed by atoms with Crippen molar-refractivity contribution >= 4 is 5.69 Å². The second-order valence-corrected chi connectivity index (χ2v) is 4.81. The number of nitrogens with one attached hydrogen (secondary N) is 1. The first-order valence-corrected chi connectivity index (χ1v) is 6.21. The summed E-state index contributed by atoms with van der Waals surface area (Å²) in [6, 6.07) is 11.1. The molecule has 1 fully saturated rings. The fourth-order valence-corrected chi connectivity index (χ4v) is 2.35. The van der Waals surface area contributed by atoms with Gasteiger partial charge in [0.15, 0.2) is 0 Å². The maximum atomic E-state index is 8.95. The first-order valence-electron chi connectivity index (χ1n) is 6.21. The Kier molecular flexibility index (Phi) is 3.65. The molecule has 0 radical (unpaired) electrons. The van der Waals surface area contributed by atoms with E-state index in [4.69, 9.17) is 5.26 Å². The second kappa shape index (κ2) is 5.20. The van der Waals surface area contributed by atoms with E-state index >= 15 is 0 Å². The van der Waals surface area contributed by atoms with Gasteiger partial charge in [0.05, 0.1) is 11.6 Å². The zero-order valence-corrected chi connectivity index (χ0v) is 10.5. The fraction of sp³-hybridized carbons (Fsp3) is 0.500. The molecule has 3 heteroatoms. The fourth-order valence-electron chi connectivity index (χ4n) is 2.35. The Bertz CT molecular complexity index is 422. The van der Waals surface area contributed by atoms with Crippen LogP contribution in [0.2, 0.25) is 0 Å². The summed E-state index contributed by atoms with van der Waals surface area (Å²) in [5.74, 6) is 0. The molecule has 2 rings (SSSR count). The number of rotatable bonds is 1. The largest absolute Gasteiger partial charge is 0.367 e. The molecule has 0 aliphatic carbocycles. The van der Waals surface area contributed by atoms with Gasteiger partial charge >= 0.3 is 0 Å². The molecule has 3 nitrogen and oxygen atoms in total. The first kappa shape index (κ1) is 11.9. The van der Waals surface area contributed by atoms with Crippen LogP contribution in [0, 0.1) is 11.3 Å². The van der Waals surface area contributed by atoms with Gasteiger partial charge in [-0.05, 0) is 45.0 Å². The number of benzene rings is 1. The Hall–Kier alpha value is -1.53. The second-order valence-electron chi connectivity index (χ2n) is 4.81. The highest BCUT2D eigenvalue weighted by Crippen LogP contribution is 2.21. The van der Waals surface area contributed by atoms with Gasteiger partial charge in [-0.3, -0.25) is 0 Å². The molecule has 0 spiro atoms. The Labute approximate surface area is 103 Å². The summed E-state index contributed by atoms with van der Waals surface area (Å²) in [4.78, 5) is 2.39. The number of nitrogens with zero attached hydrogens (tertiary/aromatic N) is 2. The van der Waals surface area contributed by atoms with Crippen molar-refractivity contribution in [2.75, 3.05) is 18.0 Å². The summed E-state index contributed by atoms with van der Waals surface area (Å²) in [5.41, 5.74) is 1.90. The molecule has 1 aliphatic rings. The highest BCUT2D eigenvalue weighted by Gasteiger charge is 2.20. The summed E-state index contributed by atoms with van der Waals surface area (Å²) < 4.78 is 0. The van der Waals surface area contributed by atoms with E-state index < -0.39 is 0 Å². The van der Waals surface area contributed by atoms with E-state index in [1.807, 2.05) is 18.2 Å². The van der Waals surface area contributed by atoms with Crippen molar-refractivity contribution < 1.29 is 0 Å². The maximum Gasteiger partial charge on any atom is 0.0992 e. The van der Waals surface area contributed by atoms with E-state index in [2.05, 4.69) is 36.2 Å². The zero-order chi connectivity index (χ0) is 12.3. The van der Waals surface area contributed by atoms with Crippen molar-refractivity contribution in [3.8, 4) is 6.07 Å². The predicted octanol–water partition coefficient (Wildman–Crippen LogP) is 2.13. The summed E-state index contributed by atoms with van der Waals surface area (Å²) in [5, 5.41) is 12.4. The lowest BCUT2D eigenvalue weighted by molar-refractivity contribution is 0.585. The first-order chi connectivity index (χ1) is 8.20. The van der Waals surface area contributed by atoms with Crippen LogP contribution >= 0.6 is 0 Å². The molecule has 2 unspecified atom stereocenters. The SMILES string of the molecule is CC1CN(c2cccc(C#N)c2)C(C)CCN1. The van der Waals surface area contributed by atoms with Gasteiger partial charge in [0.2, 0.25) is 0 Å². The number of anilines is 1. The quantitative estimate of drug-likeness (QED) is 0.802. The monoisotopic (exact) mass is 229 g/mol. The molecule has 0 amide bonds. The molecule has 17 heavy (non-hydrogen) atoms. The lowest BCUT2D eigenvalue weighted by atomic mass is 10.1. The molecule has 2 atom stereocenters. The summed E-state index contributed by atoms with van der Waals surface area (Å²) in [7, 11) is 0. The minimum absolute atomic E-state index is 0.491. The van der Waals surface area contributed by atoms with E-state index in [1.165, 1.54) is 0 Å². The molecule has 0 saturated carbocycles. The van der Waals surface area contributed by atoms with Crippen LogP contribution in [0.5, 0.6) is 0 Å². The van der Waals surface area contributed by atoms with E-state index in [-0.39, 0.29) is 0 Å². The number of hydrogen-bond donors (Lipinski definition) is 1. The van der Waals surface area contributed by atoms with E-state index in [0.717, 1.165) is 30.8 Å². The van der Waals surface area contributed by atoms with Crippen molar-refractivity contribution in [1.82, 2.24) is 5.32 Å². The van der Waals surface area contributed by atoms with Crippen molar-refractivity contribution in [2.24, 2.45) is 0 Å². The lowest BCUT2D eigenvalue weighted by Crippen LogP contribution is -2.38.